The van der Waals surface area contributed by atoms with Gasteiger partial charge in [-0.15, -0.1) is 11.3 Å². The van der Waals surface area contributed by atoms with Gasteiger partial charge >= 0.3 is 0 Å². The van der Waals surface area contributed by atoms with Crippen LogP contribution < -0.4 is 0 Å². The maximum Gasteiger partial charge on any atom is 0.169 e. The highest BCUT2D eigenvalue weighted by Crippen LogP contribution is 2.39. The number of Topliss-reactive ketones (excluding diaryl/α,β-unsaturated/α-hetero) is 1. The summed E-state index contributed by atoms with van der Waals surface area (Å²) in [6, 6.07) is 13.0. The van der Waals surface area contributed by atoms with Crippen LogP contribution in [0.3, 0.4) is 0 Å². The van der Waals surface area contributed by atoms with Crippen molar-refractivity contribution in [2.45, 2.75) is 39.2 Å². The molecule has 2 aliphatic rings. The first kappa shape index (κ1) is 18.9. The third kappa shape index (κ3) is 4.68. The first-order valence-electron chi connectivity index (χ1n) is 10.2. The maximum atomic E-state index is 11.5. The molecule has 4 rings (SSSR count). The number of hydrogen-bond donors (Lipinski definition) is 0. The Morgan fingerprint density at radius 2 is 1.89 bits per heavy atom. The summed E-state index contributed by atoms with van der Waals surface area (Å²) < 4.78 is 0. The number of hydrogen-bond acceptors (Lipinski definition) is 4. The third-order valence-electron chi connectivity index (χ3n) is 6.22. The maximum absolute atomic E-state index is 11.5. The van der Waals surface area contributed by atoms with Crippen LogP contribution in [0.1, 0.15) is 47.0 Å². The molecule has 1 aromatic heterocycles. The van der Waals surface area contributed by atoms with E-state index in [9.17, 15) is 4.79 Å². The zero-order valence-corrected chi connectivity index (χ0v) is 17.1. The molecule has 2 aliphatic heterocycles. The summed E-state index contributed by atoms with van der Waals surface area (Å²) >= 11 is 1.59. The number of carbonyl (C=O) groups is 1. The predicted octanol–water partition coefficient (Wildman–Crippen LogP) is 4.48. The minimum atomic E-state index is 0.186. The third-order valence-corrected chi connectivity index (χ3v) is 7.30. The van der Waals surface area contributed by atoms with Gasteiger partial charge in [0.1, 0.15) is 0 Å². The quantitative estimate of drug-likeness (QED) is 0.688. The van der Waals surface area contributed by atoms with E-state index in [4.69, 9.17) is 0 Å². The van der Waals surface area contributed by atoms with Crippen molar-refractivity contribution in [3.05, 3.63) is 57.8 Å². The molecule has 0 N–H and O–H groups in total. The van der Waals surface area contributed by atoms with Crippen molar-refractivity contribution in [1.29, 1.82) is 0 Å². The Balaban J connectivity index is 1.31. The lowest BCUT2D eigenvalue weighted by molar-refractivity contribution is 0.0928. The van der Waals surface area contributed by atoms with Crippen LogP contribution in [0.25, 0.3) is 0 Å². The van der Waals surface area contributed by atoms with Crippen molar-refractivity contribution in [2.75, 3.05) is 32.7 Å². The molecule has 0 bridgehead atoms. The van der Waals surface area contributed by atoms with E-state index in [1.54, 1.807) is 18.3 Å². The molecule has 4 heteroatoms. The van der Waals surface area contributed by atoms with Gasteiger partial charge in [0, 0.05) is 26.2 Å². The fourth-order valence-electron chi connectivity index (χ4n) is 4.83. The number of benzene rings is 1. The van der Waals surface area contributed by atoms with Crippen molar-refractivity contribution >= 4 is 17.1 Å². The molecule has 1 aromatic carbocycles. The highest BCUT2D eigenvalue weighted by Gasteiger charge is 2.41. The van der Waals surface area contributed by atoms with E-state index in [0.29, 0.717) is 5.41 Å². The second-order valence-electron chi connectivity index (χ2n) is 8.45. The Bertz CT molecular complexity index is 772. The van der Waals surface area contributed by atoms with Crippen LogP contribution in [-0.2, 0) is 13.0 Å². The Kier molecular flexibility index (Phi) is 5.76. The molecule has 2 saturated heterocycles. The van der Waals surface area contributed by atoms with Crippen LogP contribution >= 0.6 is 11.3 Å². The second kappa shape index (κ2) is 8.26. The number of carbonyl (C=O) groups excluding carboxylic acids is 1. The first-order chi connectivity index (χ1) is 13.1. The fourth-order valence-corrected chi connectivity index (χ4v) is 5.64. The summed E-state index contributed by atoms with van der Waals surface area (Å²) in [6.07, 6.45) is 5.17. The minimum absolute atomic E-state index is 0.186. The number of rotatable bonds is 6. The summed E-state index contributed by atoms with van der Waals surface area (Å²) in [6.45, 7) is 8.73. The molecule has 144 valence electrons. The average molecular weight is 383 g/mol. The van der Waals surface area contributed by atoms with E-state index < -0.39 is 0 Å². The lowest BCUT2D eigenvalue weighted by Crippen LogP contribution is -2.45. The van der Waals surface area contributed by atoms with Gasteiger partial charge in [0.15, 0.2) is 5.78 Å². The minimum Gasteiger partial charge on any atom is -0.302 e. The normalized spacial score (nSPS) is 23.9. The lowest BCUT2D eigenvalue weighted by atomic mass is 9.79. The largest absolute Gasteiger partial charge is 0.302 e. The number of piperidine rings is 1. The summed E-state index contributed by atoms with van der Waals surface area (Å²) in [5.41, 5.74) is 3.23. The van der Waals surface area contributed by atoms with Crippen LogP contribution in [0.4, 0.5) is 0 Å². The molecular formula is C23H30N2OS. The Morgan fingerprint density at radius 3 is 2.67 bits per heavy atom. The van der Waals surface area contributed by atoms with Gasteiger partial charge in [0.2, 0.25) is 0 Å². The van der Waals surface area contributed by atoms with Gasteiger partial charge in [-0.05, 0) is 73.7 Å². The molecule has 3 nitrogen and oxygen atoms in total. The molecular weight excluding hydrogens is 352 g/mol. The fraction of sp³-hybridized carbons (Fsp3) is 0.522. The number of ketones is 1. The van der Waals surface area contributed by atoms with Crippen molar-refractivity contribution < 1.29 is 4.79 Å². The molecule has 0 unspecified atom stereocenters. The van der Waals surface area contributed by atoms with Gasteiger partial charge in [-0.3, -0.25) is 9.69 Å². The van der Waals surface area contributed by atoms with Gasteiger partial charge in [0.25, 0.3) is 0 Å². The van der Waals surface area contributed by atoms with E-state index in [-0.39, 0.29) is 5.78 Å². The van der Waals surface area contributed by atoms with E-state index in [2.05, 4.69) is 51.6 Å². The molecule has 1 spiro atoms. The summed E-state index contributed by atoms with van der Waals surface area (Å²) in [4.78, 5) is 17.7. The van der Waals surface area contributed by atoms with Crippen LogP contribution in [-0.4, -0.2) is 48.3 Å². The number of thiophene rings is 1. The number of nitrogens with zero attached hydrogens (tertiary/aromatic N) is 2. The summed E-state index contributed by atoms with van der Waals surface area (Å²) in [5, 5.41) is 2.16. The first-order valence-corrected chi connectivity index (χ1v) is 11.1. The van der Waals surface area contributed by atoms with E-state index in [1.165, 1.54) is 63.1 Å². The molecule has 0 aliphatic carbocycles. The van der Waals surface area contributed by atoms with Crippen LogP contribution in [0.5, 0.6) is 0 Å². The van der Waals surface area contributed by atoms with E-state index in [0.717, 1.165) is 17.8 Å². The van der Waals surface area contributed by atoms with Crippen molar-refractivity contribution in [2.24, 2.45) is 5.41 Å². The predicted molar refractivity (Wildman–Crippen MR) is 112 cm³/mol. The average Bonchev–Trinajstić information content (AvgIpc) is 3.29. The molecule has 1 atom stereocenters. The molecule has 2 fully saturated rings. The van der Waals surface area contributed by atoms with E-state index in [1.807, 2.05) is 0 Å². The van der Waals surface area contributed by atoms with Gasteiger partial charge in [-0.25, -0.2) is 0 Å². The van der Waals surface area contributed by atoms with Crippen molar-refractivity contribution in [3.8, 4) is 0 Å². The Labute approximate surface area is 167 Å². The topological polar surface area (TPSA) is 23.6 Å². The van der Waals surface area contributed by atoms with Crippen molar-refractivity contribution in [3.63, 3.8) is 0 Å². The smallest absolute Gasteiger partial charge is 0.169 e. The van der Waals surface area contributed by atoms with Crippen LogP contribution in [0.2, 0.25) is 0 Å². The molecule has 27 heavy (non-hydrogen) atoms. The Morgan fingerprint density at radius 1 is 1.07 bits per heavy atom. The van der Waals surface area contributed by atoms with Gasteiger partial charge < -0.3 is 4.90 Å². The molecule has 2 aromatic rings. The van der Waals surface area contributed by atoms with Crippen molar-refractivity contribution in [1.82, 2.24) is 9.80 Å². The van der Waals surface area contributed by atoms with Gasteiger partial charge in [-0.1, -0.05) is 30.3 Å². The molecule has 0 saturated carbocycles. The zero-order chi connectivity index (χ0) is 18.7. The van der Waals surface area contributed by atoms with E-state index >= 15 is 0 Å². The monoisotopic (exact) mass is 382 g/mol. The van der Waals surface area contributed by atoms with Crippen LogP contribution in [0.15, 0.2) is 41.8 Å². The second-order valence-corrected chi connectivity index (χ2v) is 9.36. The molecule has 0 radical (unpaired) electrons. The Hall–Kier alpha value is -1.49. The molecule has 0 amide bonds. The number of likely N-dealkylation sites (tertiary alicyclic amines) is 2. The lowest BCUT2D eigenvalue weighted by Gasteiger charge is -2.40. The van der Waals surface area contributed by atoms with Gasteiger partial charge in [0.05, 0.1) is 4.88 Å². The SMILES string of the molecule is CC(=O)c1cc(CN2CC[C@@]3(CCCN(CCc4ccccc4)C3)C2)cs1. The zero-order valence-electron chi connectivity index (χ0n) is 16.3. The summed E-state index contributed by atoms with van der Waals surface area (Å²) in [7, 11) is 0. The highest BCUT2D eigenvalue weighted by molar-refractivity contribution is 7.12. The standard InChI is InChI=1S/C23H30N2OS/c1-19(26)22-14-21(16-27-22)15-25-13-10-23(18-25)9-5-11-24(17-23)12-8-20-6-3-2-4-7-20/h2-4,6-7,14,16H,5,8-13,15,17-18H2,1H3/t23-/m1/s1. The summed E-state index contributed by atoms with van der Waals surface area (Å²) in [5.74, 6) is 0.186. The van der Waals surface area contributed by atoms with Gasteiger partial charge in [-0.2, -0.15) is 0 Å². The highest BCUT2D eigenvalue weighted by atomic mass is 32.1. The van der Waals surface area contributed by atoms with Crippen LogP contribution in [0, 0.1) is 5.41 Å². The molecule has 3 heterocycles.